The molecule has 0 radical (unpaired) electrons. The van der Waals surface area contributed by atoms with Gasteiger partial charge in [-0.1, -0.05) is 13.8 Å². The average molecular weight is 265 g/mol. The molecule has 106 valence electrons. The van der Waals surface area contributed by atoms with Gasteiger partial charge in [0.1, 0.15) is 5.69 Å². The third kappa shape index (κ3) is 5.23. The lowest BCUT2D eigenvalue weighted by atomic mass is 10.3. The van der Waals surface area contributed by atoms with Crippen molar-refractivity contribution in [3.63, 3.8) is 0 Å². The minimum atomic E-state index is -0.150. The number of anilines is 1. The Morgan fingerprint density at radius 3 is 2.63 bits per heavy atom. The summed E-state index contributed by atoms with van der Waals surface area (Å²) in [6.45, 7) is 8.02. The molecule has 0 spiro atoms. The highest BCUT2D eigenvalue weighted by Gasteiger charge is 2.06. The largest absolute Gasteiger partial charge is 0.351 e. The zero-order valence-electron chi connectivity index (χ0n) is 11.6. The van der Waals surface area contributed by atoms with Crippen molar-refractivity contribution in [2.75, 3.05) is 31.6 Å². The van der Waals surface area contributed by atoms with Crippen LogP contribution < -0.4 is 16.6 Å². The van der Waals surface area contributed by atoms with E-state index in [9.17, 15) is 4.79 Å². The number of nitrogens with one attached hydrogen (secondary N) is 2. The highest BCUT2D eigenvalue weighted by molar-refractivity contribution is 5.92. The zero-order chi connectivity index (χ0) is 14.1. The van der Waals surface area contributed by atoms with E-state index < -0.39 is 0 Å². The van der Waals surface area contributed by atoms with Crippen molar-refractivity contribution in [1.29, 1.82) is 0 Å². The van der Waals surface area contributed by atoms with Crippen molar-refractivity contribution in [3.8, 4) is 0 Å². The Morgan fingerprint density at radius 2 is 2.11 bits per heavy atom. The molecular weight excluding hydrogens is 242 g/mol. The molecule has 1 aromatic rings. The van der Waals surface area contributed by atoms with Crippen molar-refractivity contribution in [1.82, 2.24) is 15.2 Å². The van der Waals surface area contributed by atoms with E-state index in [0.29, 0.717) is 17.9 Å². The summed E-state index contributed by atoms with van der Waals surface area (Å²) in [6.07, 6.45) is 2.47. The van der Waals surface area contributed by atoms with Gasteiger partial charge in [-0.2, -0.15) is 0 Å². The summed E-state index contributed by atoms with van der Waals surface area (Å²) < 4.78 is 0. The number of hydrazine groups is 1. The van der Waals surface area contributed by atoms with E-state index in [1.54, 1.807) is 12.1 Å². The number of nitrogens with zero attached hydrogens (tertiary/aromatic N) is 2. The second-order valence-corrected chi connectivity index (χ2v) is 4.21. The maximum absolute atomic E-state index is 11.8. The predicted molar refractivity (Wildman–Crippen MR) is 76.8 cm³/mol. The number of carbonyl (C=O) groups excluding carboxylic acids is 1. The fourth-order valence-electron chi connectivity index (χ4n) is 1.75. The van der Waals surface area contributed by atoms with Crippen LogP contribution in [0.3, 0.4) is 0 Å². The first-order valence-corrected chi connectivity index (χ1v) is 6.64. The lowest BCUT2D eigenvalue weighted by molar-refractivity contribution is 0.0947. The molecule has 0 fully saturated rings. The lowest BCUT2D eigenvalue weighted by Crippen LogP contribution is -2.30. The third-order valence-corrected chi connectivity index (χ3v) is 2.99. The molecule has 6 heteroatoms. The van der Waals surface area contributed by atoms with E-state index in [-0.39, 0.29) is 5.91 Å². The standard InChI is InChI=1S/C13H23N5O/c1-3-18(4-2)9-5-8-15-13(19)12-7-6-11(17-14)10-16-12/h6-7,10,17H,3-5,8-9,14H2,1-2H3,(H,15,19). The van der Waals surface area contributed by atoms with Crippen LogP contribution in [0.1, 0.15) is 30.8 Å². The number of hydrogen-bond acceptors (Lipinski definition) is 5. The second kappa shape index (κ2) is 8.44. The van der Waals surface area contributed by atoms with Crippen molar-refractivity contribution >= 4 is 11.6 Å². The van der Waals surface area contributed by atoms with Crippen LogP contribution in [-0.2, 0) is 0 Å². The molecule has 6 nitrogen and oxygen atoms in total. The molecule has 1 aromatic heterocycles. The maximum Gasteiger partial charge on any atom is 0.269 e. The van der Waals surface area contributed by atoms with Gasteiger partial charge in [-0.25, -0.2) is 4.98 Å². The van der Waals surface area contributed by atoms with Gasteiger partial charge in [0, 0.05) is 6.54 Å². The molecule has 1 rings (SSSR count). The zero-order valence-corrected chi connectivity index (χ0v) is 11.6. The van der Waals surface area contributed by atoms with E-state index >= 15 is 0 Å². The van der Waals surface area contributed by atoms with Gasteiger partial charge in [0.05, 0.1) is 11.9 Å². The van der Waals surface area contributed by atoms with Crippen LogP contribution in [-0.4, -0.2) is 42.0 Å². The summed E-state index contributed by atoms with van der Waals surface area (Å²) in [5.41, 5.74) is 3.55. The summed E-state index contributed by atoms with van der Waals surface area (Å²) in [5.74, 6) is 5.08. The van der Waals surface area contributed by atoms with Crippen LogP contribution >= 0.6 is 0 Å². The van der Waals surface area contributed by atoms with Crippen LogP contribution in [0, 0.1) is 0 Å². The fraction of sp³-hybridized carbons (Fsp3) is 0.538. The van der Waals surface area contributed by atoms with Gasteiger partial charge in [0.15, 0.2) is 0 Å². The van der Waals surface area contributed by atoms with Gasteiger partial charge in [0.2, 0.25) is 0 Å². The number of rotatable bonds is 8. The Hall–Kier alpha value is -1.66. The molecule has 0 unspecified atom stereocenters. The lowest BCUT2D eigenvalue weighted by Gasteiger charge is -2.17. The first-order valence-electron chi connectivity index (χ1n) is 6.64. The second-order valence-electron chi connectivity index (χ2n) is 4.21. The number of nitrogens with two attached hydrogens (primary N) is 1. The molecule has 19 heavy (non-hydrogen) atoms. The van der Waals surface area contributed by atoms with Gasteiger partial charge in [-0.15, -0.1) is 0 Å². The van der Waals surface area contributed by atoms with Crippen LogP contribution in [0.15, 0.2) is 18.3 Å². The molecule has 0 aliphatic heterocycles. The van der Waals surface area contributed by atoms with E-state index in [1.807, 2.05) is 0 Å². The number of hydrogen-bond donors (Lipinski definition) is 3. The minimum absolute atomic E-state index is 0.150. The Balaban J connectivity index is 2.30. The molecule has 0 aliphatic rings. The highest BCUT2D eigenvalue weighted by Crippen LogP contribution is 2.03. The van der Waals surface area contributed by atoms with E-state index in [0.717, 1.165) is 26.1 Å². The molecule has 0 atom stereocenters. The fourth-order valence-corrected chi connectivity index (χ4v) is 1.75. The van der Waals surface area contributed by atoms with Gasteiger partial charge in [0.25, 0.3) is 5.91 Å². The molecule has 0 saturated carbocycles. The number of carbonyl (C=O) groups is 1. The first-order chi connectivity index (χ1) is 9.21. The highest BCUT2D eigenvalue weighted by atomic mass is 16.1. The number of nitrogen functional groups attached to an aromatic ring is 1. The maximum atomic E-state index is 11.8. The Labute approximate surface area is 114 Å². The minimum Gasteiger partial charge on any atom is -0.351 e. The van der Waals surface area contributed by atoms with Gasteiger partial charge in [-0.05, 0) is 38.2 Å². The molecule has 0 saturated heterocycles. The predicted octanol–water partition coefficient (Wildman–Crippen LogP) is 0.829. The van der Waals surface area contributed by atoms with E-state index in [4.69, 9.17) is 5.84 Å². The van der Waals surface area contributed by atoms with Gasteiger partial charge >= 0.3 is 0 Å². The summed E-state index contributed by atoms with van der Waals surface area (Å²) in [5, 5.41) is 2.86. The summed E-state index contributed by atoms with van der Waals surface area (Å²) in [6, 6.07) is 3.37. The van der Waals surface area contributed by atoms with E-state index in [1.165, 1.54) is 6.20 Å². The topological polar surface area (TPSA) is 83.3 Å². The molecule has 1 heterocycles. The van der Waals surface area contributed by atoms with Crippen molar-refractivity contribution in [2.45, 2.75) is 20.3 Å². The Bertz CT molecular complexity index is 375. The Kier molecular flexibility index (Phi) is 6.84. The smallest absolute Gasteiger partial charge is 0.269 e. The molecule has 4 N–H and O–H groups in total. The summed E-state index contributed by atoms with van der Waals surface area (Å²) in [7, 11) is 0. The Morgan fingerprint density at radius 1 is 1.37 bits per heavy atom. The van der Waals surface area contributed by atoms with Crippen LogP contribution in [0.5, 0.6) is 0 Å². The number of aromatic nitrogens is 1. The van der Waals surface area contributed by atoms with Crippen LogP contribution in [0.4, 0.5) is 5.69 Å². The van der Waals surface area contributed by atoms with Crippen molar-refractivity contribution in [2.24, 2.45) is 5.84 Å². The van der Waals surface area contributed by atoms with Crippen molar-refractivity contribution < 1.29 is 4.79 Å². The third-order valence-electron chi connectivity index (χ3n) is 2.99. The van der Waals surface area contributed by atoms with Crippen LogP contribution in [0.25, 0.3) is 0 Å². The molecular formula is C13H23N5O. The number of pyridine rings is 1. The summed E-state index contributed by atoms with van der Waals surface area (Å²) in [4.78, 5) is 18.1. The van der Waals surface area contributed by atoms with Gasteiger partial charge < -0.3 is 15.6 Å². The molecule has 0 aliphatic carbocycles. The monoisotopic (exact) mass is 265 g/mol. The molecule has 0 aromatic carbocycles. The quantitative estimate of drug-likeness (QED) is 0.368. The van der Waals surface area contributed by atoms with Crippen LogP contribution in [0.2, 0.25) is 0 Å². The first kappa shape index (κ1) is 15.4. The van der Waals surface area contributed by atoms with Crippen molar-refractivity contribution in [3.05, 3.63) is 24.0 Å². The molecule has 1 amide bonds. The molecule has 0 bridgehead atoms. The van der Waals surface area contributed by atoms with E-state index in [2.05, 4.69) is 34.5 Å². The SMILES string of the molecule is CCN(CC)CCCNC(=O)c1ccc(NN)cn1. The number of amides is 1. The average Bonchev–Trinajstić information content (AvgIpc) is 2.47. The summed E-state index contributed by atoms with van der Waals surface area (Å²) >= 11 is 0. The normalized spacial score (nSPS) is 10.5. The van der Waals surface area contributed by atoms with Gasteiger partial charge in [-0.3, -0.25) is 10.6 Å².